The quantitative estimate of drug-likeness (QED) is 0.440. The van der Waals surface area contributed by atoms with Gasteiger partial charge in [-0.1, -0.05) is 0 Å². The summed E-state index contributed by atoms with van der Waals surface area (Å²) >= 11 is -11.2. The van der Waals surface area contributed by atoms with Crippen LogP contribution in [0.3, 0.4) is 0 Å². The molecule has 0 aromatic rings. The molecule has 0 aromatic heterocycles. The van der Waals surface area contributed by atoms with Gasteiger partial charge in [0.2, 0.25) is 0 Å². The Morgan fingerprint density at radius 3 is 0.625 bits per heavy atom. The SMILES string of the molecule is [F][Mo]([F])([F])([F])([F])[F].[SiH4]. The second kappa shape index (κ2) is 1.31. The Labute approximate surface area is 47.3 Å². The van der Waals surface area contributed by atoms with E-state index in [1.807, 2.05) is 0 Å². The maximum absolute atomic E-state index is 11.2. The van der Waals surface area contributed by atoms with Crippen molar-refractivity contribution in [3.8, 4) is 0 Å². The zero-order valence-corrected chi connectivity index (χ0v) is 4.68. The van der Waals surface area contributed by atoms with E-state index in [0.717, 1.165) is 0 Å². The van der Waals surface area contributed by atoms with Gasteiger partial charge in [0.1, 0.15) is 0 Å². The molecule has 0 heterocycles. The van der Waals surface area contributed by atoms with E-state index in [4.69, 9.17) is 0 Å². The molecule has 0 rings (SSSR count). The fraction of sp³-hybridized carbons (Fsp3) is 0. The normalized spacial score (nSPS) is 20.2. The third kappa shape index (κ3) is 829. The molecular weight excluding hydrogens is 238 g/mol. The summed E-state index contributed by atoms with van der Waals surface area (Å²) in [4.78, 5) is 0. The smallest absolute Gasteiger partial charge is 0.0149 e. The maximum atomic E-state index is 9.92. The van der Waals surface area contributed by atoms with Crippen LogP contribution in [0.5, 0.6) is 0 Å². The Bertz CT molecular complexity index is 67.1. The van der Waals surface area contributed by atoms with Crippen LogP contribution in [0, 0.1) is 0 Å². The molecule has 8 heavy (non-hydrogen) atoms. The summed E-state index contributed by atoms with van der Waals surface area (Å²) in [5.41, 5.74) is 0. The molecule has 0 atom stereocenters. The second-order valence-electron chi connectivity index (χ2n) is 0.875. The molecule has 0 unspecified atom stereocenters. The van der Waals surface area contributed by atoms with Crippen LogP contribution in [-0.4, -0.2) is 11.0 Å². The van der Waals surface area contributed by atoms with Gasteiger partial charge in [0.25, 0.3) is 0 Å². The Kier molecular flexibility index (Phi) is 1.86. The average Bonchev–Trinajstić information content (AvgIpc) is 0.592. The maximum Gasteiger partial charge on any atom is -0.0149 e. The van der Waals surface area contributed by atoms with E-state index in [9.17, 15) is 18.9 Å². The fourth-order valence-corrected chi connectivity index (χ4v) is 0. The number of halogens is 6. The van der Waals surface area contributed by atoms with Crippen LogP contribution in [0.2, 0.25) is 0 Å². The number of rotatable bonds is 0. The van der Waals surface area contributed by atoms with Crippen LogP contribution in [0.1, 0.15) is 0 Å². The predicted octanol–water partition coefficient (Wildman–Crippen LogP) is 1.07. The van der Waals surface area contributed by atoms with Crippen molar-refractivity contribution < 1.29 is 35.7 Å². The first-order valence-electron chi connectivity index (χ1n) is 0.926. The van der Waals surface area contributed by atoms with Gasteiger partial charge in [0.15, 0.2) is 0 Å². The molecule has 0 radical (unpaired) electrons. The summed E-state index contributed by atoms with van der Waals surface area (Å²) in [6.07, 6.45) is 0. The summed E-state index contributed by atoms with van der Waals surface area (Å²) < 4.78 is 59.5. The second-order valence-corrected chi connectivity index (χ2v) is 5.18. The molecule has 0 bridgehead atoms. The molecule has 0 aliphatic rings. The van der Waals surface area contributed by atoms with Crippen LogP contribution in [0.4, 0.5) is 18.9 Å². The van der Waals surface area contributed by atoms with E-state index in [1.54, 1.807) is 0 Å². The van der Waals surface area contributed by atoms with Crippen molar-refractivity contribution in [2.24, 2.45) is 0 Å². The molecule has 0 fully saturated rings. The van der Waals surface area contributed by atoms with Gasteiger partial charge in [-0.3, -0.25) is 0 Å². The molecule has 0 aliphatic carbocycles. The van der Waals surface area contributed by atoms with Crippen molar-refractivity contribution >= 4 is 11.0 Å². The first-order valence-corrected chi connectivity index (χ1v) is 5.48. The summed E-state index contributed by atoms with van der Waals surface area (Å²) in [7, 11) is 0. The van der Waals surface area contributed by atoms with Crippen molar-refractivity contribution in [3.63, 3.8) is 0 Å². The minimum atomic E-state index is -11.2. The van der Waals surface area contributed by atoms with E-state index in [1.165, 1.54) is 0 Å². The third-order valence-electron chi connectivity index (χ3n) is 0. The Balaban J connectivity index is 0. The topological polar surface area (TPSA) is 0 Å². The Morgan fingerprint density at radius 1 is 0.625 bits per heavy atom. The minimum Gasteiger partial charge on any atom is -0.0149 e. The molecule has 0 N–H and O–H groups in total. The van der Waals surface area contributed by atoms with Crippen molar-refractivity contribution in [3.05, 3.63) is 0 Å². The van der Waals surface area contributed by atoms with E-state index in [0.29, 0.717) is 0 Å². The standard InChI is InChI=1S/6FH.Mo.H4Si/h6*1H;;1H4/q;;;;;;+6;/p-6. The fourth-order valence-electron chi connectivity index (χ4n) is 0. The predicted molar refractivity (Wildman–Crippen MR) is 18.0 cm³/mol. The van der Waals surface area contributed by atoms with Crippen molar-refractivity contribution in [2.45, 2.75) is 0 Å². The average molecular weight is 242 g/mol. The summed E-state index contributed by atoms with van der Waals surface area (Å²) in [5.74, 6) is 0. The van der Waals surface area contributed by atoms with Gasteiger partial charge < -0.3 is 0 Å². The van der Waals surface area contributed by atoms with Crippen molar-refractivity contribution in [1.82, 2.24) is 0 Å². The zero-order valence-electron chi connectivity index (χ0n) is 2.68. The molecule has 8 heteroatoms. The summed E-state index contributed by atoms with van der Waals surface area (Å²) in [5, 5.41) is 0. The van der Waals surface area contributed by atoms with Crippen LogP contribution >= 0.6 is 0 Å². The molecule has 0 amide bonds. The van der Waals surface area contributed by atoms with Gasteiger partial charge in [0.05, 0.1) is 0 Å². The van der Waals surface area contributed by atoms with E-state index >= 15 is 0 Å². The largest absolute Gasteiger partial charge is 0.0149 e. The first kappa shape index (κ1) is 11.3. The molecule has 0 saturated carbocycles. The van der Waals surface area contributed by atoms with Gasteiger partial charge >= 0.3 is 35.7 Å². The van der Waals surface area contributed by atoms with E-state index in [-0.39, 0.29) is 11.0 Å². The number of hydrogen-bond donors (Lipinski definition) is 0. The third-order valence-corrected chi connectivity index (χ3v) is 0. The monoisotopic (exact) mass is 244 g/mol. The summed E-state index contributed by atoms with van der Waals surface area (Å²) in [6, 6.07) is 0. The van der Waals surface area contributed by atoms with Crippen LogP contribution in [0.25, 0.3) is 0 Å². The van der Waals surface area contributed by atoms with Crippen molar-refractivity contribution in [2.75, 3.05) is 0 Å². The molecule has 0 nitrogen and oxygen atoms in total. The Hall–Kier alpha value is 0.485. The van der Waals surface area contributed by atoms with Crippen LogP contribution in [0.15, 0.2) is 0 Å². The first-order chi connectivity index (χ1) is 2.45. The molecule has 0 aliphatic heterocycles. The number of hydrogen-bond acceptors (Lipinski definition) is 0. The zero-order chi connectivity index (χ0) is 6.41. The minimum absolute atomic E-state index is 0. The molecule has 0 aromatic carbocycles. The van der Waals surface area contributed by atoms with E-state index in [2.05, 4.69) is 0 Å². The van der Waals surface area contributed by atoms with Gasteiger partial charge in [-0.05, 0) is 11.0 Å². The Morgan fingerprint density at radius 2 is 0.625 bits per heavy atom. The van der Waals surface area contributed by atoms with Gasteiger partial charge in [-0.2, -0.15) is 0 Å². The van der Waals surface area contributed by atoms with Crippen molar-refractivity contribution in [1.29, 1.82) is 0 Å². The molecule has 0 saturated heterocycles. The van der Waals surface area contributed by atoms with Crippen LogP contribution in [-0.2, 0) is 16.7 Å². The molecular formula is H4F6MoSi. The van der Waals surface area contributed by atoms with Gasteiger partial charge in [-0.15, -0.1) is 0 Å². The van der Waals surface area contributed by atoms with E-state index < -0.39 is 16.7 Å². The van der Waals surface area contributed by atoms with Crippen LogP contribution < -0.4 is 0 Å². The van der Waals surface area contributed by atoms with Gasteiger partial charge in [-0.25, -0.2) is 0 Å². The summed E-state index contributed by atoms with van der Waals surface area (Å²) in [6.45, 7) is 0. The molecule has 0 spiro atoms. The van der Waals surface area contributed by atoms with Gasteiger partial charge in [0, 0.05) is 0 Å². The molecule has 56 valence electrons.